The van der Waals surface area contributed by atoms with Crippen LogP contribution in [0.15, 0.2) is 0 Å². The van der Waals surface area contributed by atoms with Crippen LogP contribution in [0.25, 0.3) is 0 Å². The second kappa shape index (κ2) is 6.97. The Hall–Kier alpha value is -1.47. The van der Waals surface area contributed by atoms with Crippen molar-refractivity contribution in [2.24, 2.45) is 0 Å². The number of rotatable bonds is 8. The van der Waals surface area contributed by atoms with Gasteiger partial charge in [0.15, 0.2) is 0 Å². The zero-order chi connectivity index (χ0) is 12.7. The van der Waals surface area contributed by atoms with Crippen LogP contribution >= 0.6 is 0 Å². The summed E-state index contributed by atoms with van der Waals surface area (Å²) in [6.07, 6.45) is -0.146. The molecule has 1 N–H and O–H groups in total. The molecule has 7 heteroatoms. The number of hydrogen-bond acceptors (Lipinski definition) is 5. The van der Waals surface area contributed by atoms with Crippen LogP contribution in [0.4, 0.5) is 0 Å². The molecule has 0 aliphatic carbocycles. The molecule has 1 heterocycles. The van der Waals surface area contributed by atoms with Crippen LogP contribution in [0.3, 0.4) is 0 Å². The molecule has 0 fully saturated rings. The monoisotopic (exact) mass is 243 g/mol. The molecule has 7 nitrogen and oxygen atoms in total. The Morgan fingerprint density at radius 1 is 1.53 bits per heavy atom. The summed E-state index contributed by atoms with van der Waals surface area (Å²) in [6.45, 7) is 3.90. The summed E-state index contributed by atoms with van der Waals surface area (Å²) in [5.41, 5.74) is 1.13. The second-order valence-corrected chi connectivity index (χ2v) is 3.41. The molecule has 1 aromatic rings. The maximum atomic E-state index is 10.7. The number of carboxylic acids is 1. The molecule has 0 bridgehead atoms. The SMILES string of the molecule is CCOCCn1nnc(CC(=O)O)c1COC. The molecule has 0 saturated carbocycles. The molecule has 0 spiro atoms. The molecule has 1 rings (SSSR count). The normalized spacial score (nSPS) is 10.7. The molecular weight excluding hydrogens is 226 g/mol. The molecule has 0 atom stereocenters. The van der Waals surface area contributed by atoms with Crippen molar-refractivity contribution in [1.82, 2.24) is 15.0 Å². The quantitative estimate of drug-likeness (QED) is 0.651. The molecule has 17 heavy (non-hydrogen) atoms. The molecule has 0 aliphatic heterocycles. The molecule has 0 aromatic carbocycles. The lowest BCUT2D eigenvalue weighted by atomic mass is 10.2. The smallest absolute Gasteiger partial charge is 0.309 e. The van der Waals surface area contributed by atoms with Crippen LogP contribution < -0.4 is 0 Å². The van der Waals surface area contributed by atoms with Gasteiger partial charge in [-0.05, 0) is 6.92 Å². The van der Waals surface area contributed by atoms with E-state index in [4.69, 9.17) is 14.6 Å². The summed E-state index contributed by atoms with van der Waals surface area (Å²) in [5.74, 6) is -0.931. The molecule has 0 unspecified atom stereocenters. The average Bonchev–Trinajstić information content (AvgIpc) is 2.62. The summed E-state index contributed by atoms with van der Waals surface area (Å²) in [5, 5.41) is 16.5. The summed E-state index contributed by atoms with van der Waals surface area (Å²) < 4.78 is 11.9. The van der Waals surface area contributed by atoms with Gasteiger partial charge < -0.3 is 14.6 Å². The van der Waals surface area contributed by atoms with Gasteiger partial charge in [0.25, 0.3) is 0 Å². The molecule has 0 aliphatic rings. The fraction of sp³-hybridized carbons (Fsp3) is 0.700. The Morgan fingerprint density at radius 2 is 2.29 bits per heavy atom. The fourth-order valence-corrected chi connectivity index (χ4v) is 1.42. The van der Waals surface area contributed by atoms with E-state index < -0.39 is 5.97 Å². The van der Waals surface area contributed by atoms with Crippen molar-refractivity contribution in [2.45, 2.75) is 26.5 Å². The van der Waals surface area contributed by atoms with Crippen molar-refractivity contribution in [1.29, 1.82) is 0 Å². The first-order valence-electron chi connectivity index (χ1n) is 5.38. The van der Waals surface area contributed by atoms with Crippen molar-refractivity contribution in [2.75, 3.05) is 20.3 Å². The van der Waals surface area contributed by atoms with E-state index in [9.17, 15) is 4.79 Å². The van der Waals surface area contributed by atoms with Crippen LogP contribution in [0.5, 0.6) is 0 Å². The fourth-order valence-electron chi connectivity index (χ4n) is 1.42. The van der Waals surface area contributed by atoms with Gasteiger partial charge in [0, 0.05) is 13.7 Å². The van der Waals surface area contributed by atoms with E-state index in [2.05, 4.69) is 10.3 Å². The van der Waals surface area contributed by atoms with E-state index in [0.717, 1.165) is 0 Å². The topological polar surface area (TPSA) is 86.5 Å². The third-order valence-electron chi connectivity index (χ3n) is 2.17. The lowest BCUT2D eigenvalue weighted by Crippen LogP contribution is -2.12. The number of aliphatic carboxylic acids is 1. The van der Waals surface area contributed by atoms with E-state index in [-0.39, 0.29) is 6.42 Å². The second-order valence-electron chi connectivity index (χ2n) is 3.41. The van der Waals surface area contributed by atoms with E-state index in [0.29, 0.717) is 37.8 Å². The number of nitrogens with zero attached hydrogens (tertiary/aromatic N) is 3. The first-order chi connectivity index (χ1) is 8.19. The van der Waals surface area contributed by atoms with Crippen LogP contribution in [-0.4, -0.2) is 46.4 Å². The zero-order valence-corrected chi connectivity index (χ0v) is 10.0. The van der Waals surface area contributed by atoms with Gasteiger partial charge in [-0.1, -0.05) is 5.21 Å². The highest BCUT2D eigenvalue weighted by Gasteiger charge is 2.15. The molecule has 0 radical (unpaired) electrons. The van der Waals surface area contributed by atoms with Gasteiger partial charge in [0.1, 0.15) is 0 Å². The van der Waals surface area contributed by atoms with Gasteiger partial charge in [-0.15, -0.1) is 5.10 Å². The number of aromatic nitrogens is 3. The van der Waals surface area contributed by atoms with Gasteiger partial charge >= 0.3 is 5.97 Å². The number of hydrogen-bond donors (Lipinski definition) is 1. The van der Waals surface area contributed by atoms with Crippen molar-refractivity contribution < 1.29 is 19.4 Å². The lowest BCUT2D eigenvalue weighted by Gasteiger charge is -2.06. The van der Waals surface area contributed by atoms with Gasteiger partial charge in [0.2, 0.25) is 0 Å². The third kappa shape index (κ3) is 4.12. The van der Waals surface area contributed by atoms with Gasteiger partial charge in [-0.25, -0.2) is 4.68 Å². The number of methoxy groups -OCH3 is 1. The minimum absolute atomic E-state index is 0.146. The predicted octanol–water partition coefficient (Wildman–Crippen LogP) is 0.0881. The Morgan fingerprint density at radius 3 is 2.88 bits per heavy atom. The maximum Gasteiger partial charge on any atom is 0.309 e. The van der Waals surface area contributed by atoms with Crippen LogP contribution in [0.1, 0.15) is 18.3 Å². The predicted molar refractivity (Wildman–Crippen MR) is 58.6 cm³/mol. The first kappa shape index (κ1) is 13.6. The van der Waals surface area contributed by atoms with Gasteiger partial charge in [-0.2, -0.15) is 0 Å². The highest BCUT2D eigenvalue weighted by atomic mass is 16.5. The van der Waals surface area contributed by atoms with E-state index in [1.54, 1.807) is 11.8 Å². The Labute approximate surface area is 99.3 Å². The maximum absolute atomic E-state index is 10.7. The highest BCUT2D eigenvalue weighted by molar-refractivity contribution is 5.69. The molecule has 96 valence electrons. The summed E-state index contributed by atoms with van der Waals surface area (Å²) >= 11 is 0. The van der Waals surface area contributed by atoms with Crippen molar-refractivity contribution in [3.63, 3.8) is 0 Å². The van der Waals surface area contributed by atoms with Gasteiger partial charge in [-0.3, -0.25) is 4.79 Å². The standard InChI is InChI=1S/C10H17N3O4/c1-3-17-5-4-13-9(7-16-2)8(11-12-13)6-10(14)15/h3-7H2,1-2H3,(H,14,15). The minimum atomic E-state index is -0.931. The van der Waals surface area contributed by atoms with E-state index in [1.807, 2.05) is 6.92 Å². The van der Waals surface area contributed by atoms with E-state index >= 15 is 0 Å². The molecule has 0 amide bonds. The van der Waals surface area contributed by atoms with Crippen molar-refractivity contribution in [3.05, 3.63) is 11.4 Å². The summed E-state index contributed by atoms with van der Waals surface area (Å²) in [7, 11) is 1.55. The van der Waals surface area contributed by atoms with Crippen molar-refractivity contribution in [3.8, 4) is 0 Å². The largest absolute Gasteiger partial charge is 0.481 e. The molecule has 0 saturated heterocycles. The van der Waals surface area contributed by atoms with Crippen LogP contribution in [-0.2, 0) is 33.8 Å². The van der Waals surface area contributed by atoms with Gasteiger partial charge in [0.05, 0.1) is 37.6 Å². The Bertz CT molecular complexity index is 364. The minimum Gasteiger partial charge on any atom is -0.481 e. The molecular formula is C10H17N3O4. The Kier molecular flexibility index (Phi) is 5.58. The lowest BCUT2D eigenvalue weighted by molar-refractivity contribution is -0.136. The molecule has 1 aromatic heterocycles. The summed E-state index contributed by atoms with van der Waals surface area (Å²) in [6, 6.07) is 0. The van der Waals surface area contributed by atoms with E-state index in [1.165, 1.54) is 0 Å². The number of carbonyl (C=O) groups is 1. The number of ether oxygens (including phenoxy) is 2. The summed E-state index contributed by atoms with van der Waals surface area (Å²) in [4.78, 5) is 10.7. The first-order valence-corrected chi connectivity index (χ1v) is 5.38. The average molecular weight is 243 g/mol. The highest BCUT2D eigenvalue weighted by Crippen LogP contribution is 2.08. The number of carboxylic acid groups (broad SMARTS) is 1. The van der Waals surface area contributed by atoms with Crippen molar-refractivity contribution >= 4 is 5.97 Å². The zero-order valence-electron chi connectivity index (χ0n) is 10.0. The Balaban J connectivity index is 2.74. The third-order valence-corrected chi connectivity index (χ3v) is 2.17. The van der Waals surface area contributed by atoms with Crippen LogP contribution in [0.2, 0.25) is 0 Å². The van der Waals surface area contributed by atoms with Crippen LogP contribution in [0, 0.1) is 0 Å².